The Morgan fingerprint density at radius 1 is 1.29 bits per heavy atom. The lowest BCUT2D eigenvalue weighted by Crippen LogP contribution is -2.05. The maximum Gasteiger partial charge on any atom is 0.143 e. The summed E-state index contributed by atoms with van der Waals surface area (Å²) in [6.07, 6.45) is 0.780. The number of methoxy groups -OCH3 is 1. The van der Waals surface area contributed by atoms with E-state index in [1.165, 1.54) is 0 Å². The lowest BCUT2D eigenvalue weighted by molar-refractivity contribution is 0.209. The Balaban J connectivity index is 2.40. The highest BCUT2D eigenvalue weighted by Crippen LogP contribution is 2.28. The van der Waals surface area contributed by atoms with Crippen LogP contribution in [-0.2, 0) is 0 Å². The summed E-state index contributed by atoms with van der Waals surface area (Å²) in [5.74, 6) is 0.558. The van der Waals surface area contributed by atoms with Gasteiger partial charge in [-0.25, -0.2) is 0 Å². The third-order valence-electron chi connectivity index (χ3n) is 2.51. The molecule has 88 valence electrons. The van der Waals surface area contributed by atoms with Gasteiger partial charge in [0, 0.05) is 11.9 Å². The molecule has 3 N–H and O–H groups in total. The zero-order valence-corrected chi connectivity index (χ0v) is 9.50. The van der Waals surface area contributed by atoms with Crippen molar-refractivity contribution in [3.63, 3.8) is 0 Å². The van der Waals surface area contributed by atoms with E-state index in [1.54, 1.807) is 49.7 Å². The van der Waals surface area contributed by atoms with Crippen LogP contribution in [0.4, 0.5) is 5.69 Å². The van der Waals surface area contributed by atoms with Crippen LogP contribution in [0.5, 0.6) is 5.75 Å². The first-order valence-electron chi connectivity index (χ1n) is 5.25. The molecule has 17 heavy (non-hydrogen) atoms. The van der Waals surface area contributed by atoms with Crippen molar-refractivity contribution >= 4 is 5.69 Å². The molecule has 2 aromatic rings. The topological polar surface area (TPSA) is 68.4 Å². The highest BCUT2D eigenvalue weighted by Gasteiger charge is 2.16. The summed E-state index contributed by atoms with van der Waals surface area (Å²) in [6.45, 7) is 0. The minimum absolute atomic E-state index is 0.487. The van der Waals surface area contributed by atoms with Gasteiger partial charge in [-0.2, -0.15) is 0 Å². The minimum atomic E-state index is -0.838. The molecule has 0 bridgehead atoms. The molecule has 1 atom stereocenters. The normalized spacial score (nSPS) is 12.1. The Morgan fingerprint density at radius 2 is 2.12 bits per heavy atom. The van der Waals surface area contributed by atoms with Gasteiger partial charge in [0.1, 0.15) is 17.5 Å². The van der Waals surface area contributed by atoms with Crippen molar-refractivity contribution < 1.29 is 9.84 Å². The van der Waals surface area contributed by atoms with Crippen molar-refractivity contribution in [1.82, 2.24) is 4.98 Å². The second-order valence-corrected chi connectivity index (χ2v) is 3.66. The fourth-order valence-corrected chi connectivity index (χ4v) is 1.67. The van der Waals surface area contributed by atoms with Crippen LogP contribution in [0.25, 0.3) is 0 Å². The van der Waals surface area contributed by atoms with Crippen LogP contribution < -0.4 is 10.5 Å². The maximum atomic E-state index is 10.2. The molecule has 1 aromatic carbocycles. The van der Waals surface area contributed by atoms with Crippen molar-refractivity contribution in [1.29, 1.82) is 0 Å². The molecule has 1 aromatic heterocycles. The van der Waals surface area contributed by atoms with Gasteiger partial charge < -0.3 is 15.6 Å². The third kappa shape index (κ3) is 2.37. The molecule has 1 heterocycles. The number of ether oxygens (including phenoxy) is 1. The van der Waals surface area contributed by atoms with Crippen LogP contribution in [0, 0.1) is 0 Å². The number of rotatable bonds is 3. The lowest BCUT2D eigenvalue weighted by Gasteiger charge is -2.14. The first kappa shape index (κ1) is 11.4. The first-order valence-corrected chi connectivity index (χ1v) is 5.25. The number of nitrogen functional groups attached to an aromatic ring is 1. The number of anilines is 1. The molecule has 0 saturated carbocycles. The van der Waals surface area contributed by atoms with E-state index in [9.17, 15) is 5.11 Å². The van der Waals surface area contributed by atoms with E-state index in [0.717, 1.165) is 0 Å². The van der Waals surface area contributed by atoms with Crippen molar-refractivity contribution in [2.24, 2.45) is 0 Å². The molecule has 0 amide bonds. The lowest BCUT2D eigenvalue weighted by atomic mass is 10.0. The summed E-state index contributed by atoms with van der Waals surface area (Å²) in [6, 6.07) is 10.6. The molecule has 0 spiro atoms. The average molecular weight is 230 g/mol. The van der Waals surface area contributed by atoms with Crippen molar-refractivity contribution in [2.75, 3.05) is 12.8 Å². The molecule has 0 aliphatic rings. The predicted octanol–water partition coefficient (Wildman–Crippen LogP) is 1.75. The number of nitrogens with two attached hydrogens (primary N) is 1. The molecular formula is C13H14N2O2. The van der Waals surface area contributed by atoms with Gasteiger partial charge in [0.25, 0.3) is 0 Å². The second kappa shape index (κ2) is 4.84. The van der Waals surface area contributed by atoms with Crippen LogP contribution >= 0.6 is 0 Å². The number of nitrogens with zero attached hydrogens (tertiary/aromatic N) is 1. The van der Waals surface area contributed by atoms with E-state index in [-0.39, 0.29) is 0 Å². The number of hydrogen-bond acceptors (Lipinski definition) is 4. The van der Waals surface area contributed by atoms with Gasteiger partial charge in [0.05, 0.1) is 7.11 Å². The molecule has 0 aliphatic carbocycles. The summed E-state index contributed by atoms with van der Waals surface area (Å²) < 4.78 is 5.16. The fraction of sp³-hybridized carbons (Fsp3) is 0.154. The number of hydrogen-bond donors (Lipinski definition) is 2. The summed E-state index contributed by atoms with van der Waals surface area (Å²) in [5, 5.41) is 10.2. The van der Waals surface area contributed by atoms with Gasteiger partial charge in [0.15, 0.2) is 0 Å². The molecule has 0 aliphatic heterocycles. The molecule has 2 rings (SSSR count). The Morgan fingerprint density at radius 3 is 2.82 bits per heavy atom. The average Bonchev–Trinajstić information content (AvgIpc) is 2.38. The minimum Gasteiger partial charge on any atom is -0.495 e. The van der Waals surface area contributed by atoms with Crippen molar-refractivity contribution in [2.45, 2.75) is 6.10 Å². The number of pyridine rings is 1. The first-order chi connectivity index (χ1) is 8.22. The van der Waals surface area contributed by atoms with E-state index in [1.807, 2.05) is 0 Å². The van der Waals surface area contributed by atoms with E-state index >= 15 is 0 Å². The smallest absolute Gasteiger partial charge is 0.143 e. The van der Waals surface area contributed by atoms with Gasteiger partial charge in [-0.3, -0.25) is 4.98 Å². The van der Waals surface area contributed by atoms with E-state index in [2.05, 4.69) is 4.98 Å². The molecule has 4 nitrogen and oxygen atoms in total. The number of aliphatic hydroxyl groups is 1. The third-order valence-corrected chi connectivity index (χ3v) is 2.51. The Kier molecular flexibility index (Phi) is 3.25. The van der Waals surface area contributed by atoms with Crippen LogP contribution in [0.15, 0.2) is 42.6 Å². The summed E-state index contributed by atoms with van der Waals surface area (Å²) in [7, 11) is 1.55. The molecular weight excluding hydrogens is 216 g/mol. The van der Waals surface area contributed by atoms with Crippen LogP contribution in [0.1, 0.15) is 17.4 Å². The highest BCUT2D eigenvalue weighted by molar-refractivity contribution is 5.44. The van der Waals surface area contributed by atoms with E-state index in [0.29, 0.717) is 22.7 Å². The largest absolute Gasteiger partial charge is 0.495 e. The standard InChI is InChI=1S/C13H14N2O2/c1-17-11-6-3-7-15-12(11)13(16)9-4-2-5-10(14)8-9/h2-8,13,16H,14H2,1H3. The van der Waals surface area contributed by atoms with Crippen LogP contribution in [0.2, 0.25) is 0 Å². The molecule has 4 heteroatoms. The molecule has 0 radical (unpaired) electrons. The van der Waals surface area contributed by atoms with Gasteiger partial charge in [-0.15, -0.1) is 0 Å². The van der Waals surface area contributed by atoms with Gasteiger partial charge >= 0.3 is 0 Å². The van der Waals surface area contributed by atoms with Gasteiger partial charge in [-0.05, 0) is 29.8 Å². The summed E-state index contributed by atoms with van der Waals surface area (Å²) in [4.78, 5) is 4.14. The van der Waals surface area contributed by atoms with Gasteiger partial charge in [-0.1, -0.05) is 12.1 Å². The van der Waals surface area contributed by atoms with Crippen LogP contribution in [-0.4, -0.2) is 17.2 Å². The zero-order valence-electron chi connectivity index (χ0n) is 9.50. The quantitative estimate of drug-likeness (QED) is 0.788. The van der Waals surface area contributed by atoms with Crippen molar-refractivity contribution in [3.8, 4) is 5.75 Å². The Hall–Kier alpha value is -2.07. The Bertz CT molecular complexity index is 514. The number of benzene rings is 1. The second-order valence-electron chi connectivity index (χ2n) is 3.66. The monoisotopic (exact) mass is 230 g/mol. The molecule has 0 saturated heterocycles. The summed E-state index contributed by atoms with van der Waals surface area (Å²) >= 11 is 0. The van der Waals surface area contributed by atoms with Gasteiger partial charge in [0.2, 0.25) is 0 Å². The zero-order chi connectivity index (χ0) is 12.3. The molecule has 1 unspecified atom stereocenters. The predicted molar refractivity (Wildman–Crippen MR) is 65.7 cm³/mol. The van der Waals surface area contributed by atoms with Crippen LogP contribution in [0.3, 0.4) is 0 Å². The number of aromatic nitrogens is 1. The highest BCUT2D eigenvalue weighted by atomic mass is 16.5. The maximum absolute atomic E-state index is 10.2. The Labute approximate surface area is 99.7 Å². The fourth-order valence-electron chi connectivity index (χ4n) is 1.67. The van der Waals surface area contributed by atoms with E-state index in [4.69, 9.17) is 10.5 Å². The van der Waals surface area contributed by atoms with E-state index < -0.39 is 6.10 Å². The SMILES string of the molecule is COc1cccnc1C(O)c1cccc(N)c1. The number of aliphatic hydroxyl groups excluding tert-OH is 1. The van der Waals surface area contributed by atoms with Crippen molar-refractivity contribution in [3.05, 3.63) is 53.9 Å². The molecule has 0 fully saturated rings. The summed E-state index contributed by atoms with van der Waals surface area (Å²) in [5.41, 5.74) is 7.47.